The van der Waals surface area contributed by atoms with Crippen molar-refractivity contribution >= 4 is 21.6 Å². The molecule has 0 atom stereocenters. The second kappa shape index (κ2) is 5.08. The van der Waals surface area contributed by atoms with Crippen LogP contribution in [0.25, 0.3) is 0 Å². The van der Waals surface area contributed by atoms with Crippen LogP contribution in [0.4, 0.5) is 5.69 Å². The van der Waals surface area contributed by atoms with Crippen LogP contribution in [0, 0.1) is 17.8 Å². The van der Waals surface area contributed by atoms with E-state index >= 15 is 0 Å². The van der Waals surface area contributed by atoms with E-state index in [9.17, 15) is 0 Å². The summed E-state index contributed by atoms with van der Waals surface area (Å²) in [5, 5.41) is 3.70. The van der Waals surface area contributed by atoms with Crippen LogP contribution in [-0.2, 0) is 0 Å². The minimum Gasteiger partial charge on any atom is -0.381 e. The van der Waals surface area contributed by atoms with Crippen LogP contribution in [0.5, 0.6) is 0 Å². The third kappa shape index (κ3) is 3.95. The molecule has 0 saturated heterocycles. The lowest BCUT2D eigenvalue weighted by Gasteiger charge is -2.45. The Labute approximate surface area is 125 Å². The Morgan fingerprint density at radius 3 is 2.26 bits per heavy atom. The summed E-state index contributed by atoms with van der Waals surface area (Å²) in [5.41, 5.74) is 3.06. The lowest BCUT2D eigenvalue weighted by Crippen LogP contribution is -2.40. The van der Waals surface area contributed by atoms with Gasteiger partial charge in [-0.15, -0.1) is 0 Å². The zero-order valence-corrected chi connectivity index (χ0v) is 14.3. The fourth-order valence-electron chi connectivity index (χ4n) is 3.85. The third-order valence-corrected chi connectivity index (χ3v) is 4.41. The van der Waals surface area contributed by atoms with Gasteiger partial charge in [-0.2, -0.15) is 0 Å². The number of aromatic nitrogens is 1. The molecule has 19 heavy (non-hydrogen) atoms. The molecular weight excluding hydrogens is 300 g/mol. The summed E-state index contributed by atoms with van der Waals surface area (Å²) in [6, 6.07) is 4.68. The molecule has 0 radical (unpaired) electrons. The van der Waals surface area contributed by atoms with Crippen LogP contribution in [0.3, 0.4) is 0 Å². The zero-order valence-electron chi connectivity index (χ0n) is 12.7. The normalized spacial score (nSPS) is 22.2. The van der Waals surface area contributed by atoms with E-state index in [4.69, 9.17) is 0 Å². The summed E-state index contributed by atoms with van der Waals surface area (Å²) in [6.07, 6.45) is 3.76. The van der Waals surface area contributed by atoms with Crippen LogP contribution >= 0.6 is 15.9 Å². The first-order chi connectivity index (χ1) is 8.67. The monoisotopic (exact) mass is 324 g/mol. The molecule has 0 spiro atoms. The van der Waals surface area contributed by atoms with Crippen molar-refractivity contribution < 1.29 is 0 Å². The van der Waals surface area contributed by atoms with Gasteiger partial charge >= 0.3 is 0 Å². The smallest absolute Gasteiger partial charge is 0.106 e. The molecule has 1 N–H and O–H groups in total. The van der Waals surface area contributed by atoms with E-state index in [1.807, 2.05) is 6.07 Å². The summed E-state index contributed by atoms with van der Waals surface area (Å²) in [4.78, 5) is 4.47. The van der Waals surface area contributed by atoms with Gasteiger partial charge < -0.3 is 5.32 Å². The van der Waals surface area contributed by atoms with E-state index in [0.29, 0.717) is 16.9 Å². The standard InChI is InChI=1S/C16H25BrN2/c1-11-13(6-7-14(17)18-11)19-12-8-15(2,3)10-16(4,5)9-12/h6-7,12,19H,8-10H2,1-5H3. The number of nitrogens with one attached hydrogen (secondary N) is 1. The minimum atomic E-state index is 0.413. The zero-order chi connectivity index (χ0) is 14.3. The SMILES string of the molecule is Cc1nc(Br)ccc1NC1CC(C)(C)CC(C)(C)C1. The second-order valence-corrected chi connectivity index (χ2v) is 8.33. The second-order valence-electron chi connectivity index (χ2n) is 7.52. The molecule has 0 bridgehead atoms. The minimum absolute atomic E-state index is 0.413. The van der Waals surface area contributed by atoms with Gasteiger partial charge in [0.05, 0.1) is 11.4 Å². The lowest BCUT2D eigenvalue weighted by molar-refractivity contribution is 0.105. The van der Waals surface area contributed by atoms with Gasteiger partial charge in [0.1, 0.15) is 4.60 Å². The van der Waals surface area contributed by atoms with Gasteiger partial charge in [-0.3, -0.25) is 0 Å². The van der Waals surface area contributed by atoms with E-state index in [1.54, 1.807) is 0 Å². The van der Waals surface area contributed by atoms with E-state index in [-0.39, 0.29) is 0 Å². The molecule has 3 heteroatoms. The molecule has 0 unspecified atom stereocenters. The van der Waals surface area contributed by atoms with Crippen LogP contribution in [0.1, 0.15) is 52.7 Å². The molecule has 2 rings (SSSR count). The Kier molecular flexibility index (Phi) is 3.97. The maximum Gasteiger partial charge on any atom is 0.106 e. The first-order valence-corrected chi connectivity index (χ1v) is 7.86. The summed E-state index contributed by atoms with van der Waals surface area (Å²) in [7, 11) is 0. The molecule has 1 aromatic heterocycles. The third-order valence-electron chi connectivity index (χ3n) is 3.97. The highest BCUT2D eigenvalue weighted by molar-refractivity contribution is 9.10. The molecule has 1 aromatic rings. The number of pyridine rings is 1. The number of aryl methyl sites for hydroxylation is 1. The Morgan fingerprint density at radius 2 is 1.74 bits per heavy atom. The van der Waals surface area contributed by atoms with Gasteiger partial charge in [-0.05, 0) is 65.1 Å². The number of hydrogen-bond donors (Lipinski definition) is 1. The number of hydrogen-bond acceptors (Lipinski definition) is 2. The maximum absolute atomic E-state index is 4.47. The van der Waals surface area contributed by atoms with Gasteiger partial charge in [-0.25, -0.2) is 4.98 Å². The highest BCUT2D eigenvalue weighted by Crippen LogP contribution is 2.46. The van der Waals surface area contributed by atoms with Crippen molar-refractivity contribution in [2.45, 2.75) is 59.9 Å². The molecule has 0 aliphatic heterocycles. The number of nitrogens with zero attached hydrogens (tertiary/aromatic N) is 1. The van der Waals surface area contributed by atoms with Crippen LogP contribution in [0.15, 0.2) is 16.7 Å². The predicted octanol–water partition coefficient (Wildman–Crippen LogP) is 5.17. The van der Waals surface area contributed by atoms with Crippen molar-refractivity contribution in [3.63, 3.8) is 0 Å². The van der Waals surface area contributed by atoms with E-state index in [1.165, 1.54) is 24.9 Å². The van der Waals surface area contributed by atoms with E-state index in [2.05, 4.69) is 66.9 Å². The van der Waals surface area contributed by atoms with Gasteiger partial charge in [0.25, 0.3) is 0 Å². The van der Waals surface area contributed by atoms with Crippen molar-refractivity contribution in [3.8, 4) is 0 Å². The molecule has 106 valence electrons. The highest BCUT2D eigenvalue weighted by atomic mass is 79.9. The van der Waals surface area contributed by atoms with Gasteiger partial charge in [0, 0.05) is 6.04 Å². The van der Waals surface area contributed by atoms with Crippen LogP contribution < -0.4 is 5.32 Å². The number of rotatable bonds is 2. The summed E-state index contributed by atoms with van der Waals surface area (Å²) >= 11 is 3.42. The Hall–Kier alpha value is -0.570. The molecule has 1 aliphatic carbocycles. The molecule has 1 aliphatic rings. The first kappa shape index (κ1) is 14.8. The topological polar surface area (TPSA) is 24.9 Å². The molecule has 0 amide bonds. The lowest BCUT2D eigenvalue weighted by atomic mass is 9.63. The van der Waals surface area contributed by atoms with E-state index < -0.39 is 0 Å². The fraction of sp³-hybridized carbons (Fsp3) is 0.688. The molecule has 2 nitrogen and oxygen atoms in total. The van der Waals surface area contributed by atoms with Crippen molar-refractivity contribution in [2.75, 3.05) is 5.32 Å². The maximum atomic E-state index is 4.47. The highest BCUT2D eigenvalue weighted by Gasteiger charge is 2.38. The average Bonchev–Trinajstić information content (AvgIpc) is 2.17. The van der Waals surface area contributed by atoms with E-state index in [0.717, 1.165) is 10.3 Å². The molecule has 0 aromatic carbocycles. The summed E-state index contributed by atoms with van der Waals surface area (Å²) in [6.45, 7) is 11.6. The quantitative estimate of drug-likeness (QED) is 0.759. The first-order valence-electron chi connectivity index (χ1n) is 7.07. The van der Waals surface area contributed by atoms with Gasteiger partial charge in [-0.1, -0.05) is 27.7 Å². The number of halogens is 1. The molecule has 1 saturated carbocycles. The van der Waals surface area contributed by atoms with Gasteiger partial charge in [0.15, 0.2) is 0 Å². The van der Waals surface area contributed by atoms with Crippen LogP contribution in [0.2, 0.25) is 0 Å². The number of anilines is 1. The molecule has 1 heterocycles. The Bertz CT molecular complexity index is 450. The van der Waals surface area contributed by atoms with Crippen LogP contribution in [-0.4, -0.2) is 11.0 Å². The fourth-order valence-corrected chi connectivity index (χ4v) is 4.25. The molecular formula is C16H25BrN2. The van der Waals surface area contributed by atoms with Crippen molar-refractivity contribution in [1.82, 2.24) is 4.98 Å². The molecule has 1 fully saturated rings. The Balaban J connectivity index is 2.14. The van der Waals surface area contributed by atoms with Gasteiger partial charge in [0.2, 0.25) is 0 Å². The van der Waals surface area contributed by atoms with Crippen molar-refractivity contribution in [3.05, 3.63) is 22.4 Å². The largest absolute Gasteiger partial charge is 0.381 e. The predicted molar refractivity (Wildman–Crippen MR) is 85.5 cm³/mol. The summed E-state index contributed by atoms with van der Waals surface area (Å²) < 4.78 is 0.903. The van der Waals surface area contributed by atoms with Crippen molar-refractivity contribution in [1.29, 1.82) is 0 Å². The van der Waals surface area contributed by atoms with Crippen molar-refractivity contribution in [2.24, 2.45) is 10.8 Å². The Morgan fingerprint density at radius 1 is 1.16 bits per heavy atom. The summed E-state index contributed by atoms with van der Waals surface area (Å²) in [5.74, 6) is 0. The average molecular weight is 325 g/mol.